The number of hydrogen-bond donors (Lipinski definition) is 2. The van der Waals surface area contributed by atoms with Crippen LogP contribution in [-0.4, -0.2) is 32.8 Å². The number of rotatable bonds is 3. The van der Waals surface area contributed by atoms with Crippen LogP contribution >= 0.6 is 0 Å². The predicted octanol–water partition coefficient (Wildman–Crippen LogP) is 3.41. The molecule has 0 saturated carbocycles. The first-order valence-corrected chi connectivity index (χ1v) is 9.50. The SMILES string of the molecule is COc1ccc([C@H]2C3=C(C[C@@H](c4ccccc4)CC3=O)Nc3ncnn32)cc1O. The second kappa shape index (κ2) is 6.77. The third-order valence-corrected chi connectivity index (χ3v) is 5.65. The van der Waals surface area contributed by atoms with Gasteiger partial charge in [-0.1, -0.05) is 36.4 Å². The Labute approximate surface area is 167 Å². The van der Waals surface area contributed by atoms with Crippen LogP contribution in [0.15, 0.2) is 66.1 Å². The van der Waals surface area contributed by atoms with Crippen LogP contribution in [0.5, 0.6) is 11.5 Å². The van der Waals surface area contributed by atoms with Crippen LogP contribution in [0.25, 0.3) is 0 Å². The van der Waals surface area contributed by atoms with E-state index in [1.54, 1.807) is 16.8 Å². The molecule has 0 amide bonds. The number of hydrogen-bond acceptors (Lipinski definition) is 6. The molecule has 2 heterocycles. The predicted molar refractivity (Wildman–Crippen MR) is 107 cm³/mol. The number of phenols is 1. The van der Waals surface area contributed by atoms with Gasteiger partial charge in [-0.05, 0) is 35.6 Å². The summed E-state index contributed by atoms with van der Waals surface area (Å²) in [6.07, 6.45) is 2.63. The molecule has 2 aliphatic rings. The molecule has 5 rings (SSSR count). The Balaban J connectivity index is 1.60. The summed E-state index contributed by atoms with van der Waals surface area (Å²) in [5.74, 6) is 1.20. The molecule has 2 atom stereocenters. The van der Waals surface area contributed by atoms with Crippen LogP contribution < -0.4 is 10.1 Å². The van der Waals surface area contributed by atoms with E-state index in [1.807, 2.05) is 24.3 Å². The van der Waals surface area contributed by atoms with Gasteiger partial charge in [0.1, 0.15) is 12.4 Å². The number of ketones is 1. The van der Waals surface area contributed by atoms with Crippen LogP contribution in [0.4, 0.5) is 5.95 Å². The number of benzene rings is 2. The Morgan fingerprint density at radius 1 is 1.14 bits per heavy atom. The van der Waals surface area contributed by atoms with Gasteiger partial charge in [-0.3, -0.25) is 4.79 Å². The van der Waals surface area contributed by atoms with E-state index >= 15 is 0 Å². The van der Waals surface area contributed by atoms with E-state index in [0.717, 1.165) is 23.2 Å². The van der Waals surface area contributed by atoms with E-state index in [1.165, 1.54) is 13.4 Å². The number of aromatic hydroxyl groups is 1. The molecule has 0 radical (unpaired) electrons. The Bertz CT molecular complexity index is 1120. The molecule has 7 nitrogen and oxygen atoms in total. The van der Waals surface area contributed by atoms with Gasteiger partial charge in [-0.2, -0.15) is 10.1 Å². The fourth-order valence-electron chi connectivity index (χ4n) is 4.30. The van der Waals surface area contributed by atoms with Crippen molar-refractivity contribution >= 4 is 11.7 Å². The molecule has 0 saturated heterocycles. The van der Waals surface area contributed by atoms with Crippen LogP contribution in [0, 0.1) is 0 Å². The Morgan fingerprint density at radius 2 is 1.97 bits per heavy atom. The maximum absolute atomic E-state index is 13.3. The Hall–Kier alpha value is -3.61. The van der Waals surface area contributed by atoms with E-state index in [-0.39, 0.29) is 17.5 Å². The number of anilines is 1. The smallest absolute Gasteiger partial charge is 0.226 e. The van der Waals surface area contributed by atoms with E-state index in [4.69, 9.17) is 4.74 Å². The number of nitrogens with zero attached hydrogens (tertiary/aromatic N) is 3. The van der Waals surface area contributed by atoms with Crippen molar-refractivity contribution in [2.24, 2.45) is 0 Å². The molecule has 1 aliphatic heterocycles. The van der Waals surface area contributed by atoms with Crippen molar-refractivity contribution in [1.82, 2.24) is 14.8 Å². The number of Topliss-reactive ketones (excluding diaryl/α,β-unsaturated/α-hetero) is 1. The van der Waals surface area contributed by atoms with Gasteiger partial charge in [-0.25, -0.2) is 4.68 Å². The van der Waals surface area contributed by atoms with E-state index in [0.29, 0.717) is 23.7 Å². The van der Waals surface area contributed by atoms with Crippen molar-refractivity contribution in [2.75, 3.05) is 12.4 Å². The first kappa shape index (κ1) is 17.5. The summed E-state index contributed by atoms with van der Waals surface area (Å²) in [5, 5.41) is 17.9. The largest absolute Gasteiger partial charge is 0.504 e. The normalized spacial score (nSPS) is 20.7. The quantitative estimate of drug-likeness (QED) is 0.715. The minimum absolute atomic E-state index is 0.0257. The number of carbonyl (C=O) groups is 1. The number of allylic oxidation sites excluding steroid dienone is 2. The number of phenolic OH excluding ortho intramolecular Hbond substituents is 1. The van der Waals surface area contributed by atoms with Gasteiger partial charge < -0.3 is 15.2 Å². The number of ether oxygens (including phenoxy) is 1. The summed E-state index contributed by atoms with van der Waals surface area (Å²) in [4.78, 5) is 17.6. The molecule has 0 unspecified atom stereocenters. The molecule has 1 aromatic heterocycles. The monoisotopic (exact) mass is 388 g/mol. The fourth-order valence-corrected chi connectivity index (χ4v) is 4.30. The average molecular weight is 388 g/mol. The highest BCUT2D eigenvalue weighted by molar-refractivity contribution is 6.00. The topological polar surface area (TPSA) is 89.3 Å². The average Bonchev–Trinajstić information content (AvgIpc) is 3.21. The maximum atomic E-state index is 13.3. The second-order valence-electron chi connectivity index (χ2n) is 7.32. The van der Waals surface area contributed by atoms with E-state index in [9.17, 15) is 9.90 Å². The number of methoxy groups -OCH3 is 1. The van der Waals surface area contributed by atoms with Gasteiger partial charge in [0.15, 0.2) is 17.3 Å². The summed E-state index contributed by atoms with van der Waals surface area (Å²) in [7, 11) is 1.50. The van der Waals surface area contributed by atoms with Gasteiger partial charge in [0.2, 0.25) is 5.95 Å². The highest BCUT2D eigenvalue weighted by atomic mass is 16.5. The van der Waals surface area contributed by atoms with Crippen LogP contribution in [0.1, 0.15) is 35.9 Å². The number of aromatic nitrogens is 3. The first-order chi connectivity index (χ1) is 14.2. The molecule has 1 aliphatic carbocycles. The van der Waals surface area contributed by atoms with Crippen molar-refractivity contribution in [3.05, 3.63) is 77.3 Å². The zero-order valence-electron chi connectivity index (χ0n) is 15.9. The lowest BCUT2D eigenvalue weighted by molar-refractivity contribution is -0.116. The van der Waals surface area contributed by atoms with Crippen molar-refractivity contribution in [1.29, 1.82) is 0 Å². The molecule has 29 heavy (non-hydrogen) atoms. The molecule has 0 fully saturated rings. The third-order valence-electron chi connectivity index (χ3n) is 5.65. The molecule has 2 N–H and O–H groups in total. The number of fused-ring (bicyclic) bond motifs is 1. The molecule has 2 aromatic carbocycles. The second-order valence-corrected chi connectivity index (χ2v) is 7.32. The van der Waals surface area contributed by atoms with Gasteiger partial charge in [0.25, 0.3) is 0 Å². The molecule has 0 spiro atoms. The van der Waals surface area contributed by atoms with Gasteiger partial charge in [0.05, 0.1) is 7.11 Å². The van der Waals surface area contributed by atoms with Crippen molar-refractivity contribution in [3.8, 4) is 11.5 Å². The number of carbonyl (C=O) groups excluding carboxylic acids is 1. The van der Waals surface area contributed by atoms with E-state index in [2.05, 4.69) is 27.5 Å². The summed E-state index contributed by atoms with van der Waals surface area (Å²) in [6.45, 7) is 0. The van der Waals surface area contributed by atoms with Crippen molar-refractivity contribution in [2.45, 2.75) is 24.8 Å². The maximum Gasteiger partial charge on any atom is 0.226 e. The van der Waals surface area contributed by atoms with Gasteiger partial charge in [0, 0.05) is 17.7 Å². The lowest BCUT2D eigenvalue weighted by Gasteiger charge is -2.35. The Kier molecular flexibility index (Phi) is 4.08. The minimum atomic E-state index is -0.440. The summed E-state index contributed by atoms with van der Waals surface area (Å²) < 4.78 is 6.85. The molecule has 7 heteroatoms. The zero-order valence-corrected chi connectivity index (χ0v) is 15.9. The fraction of sp³-hybridized carbons (Fsp3) is 0.227. The van der Waals surface area contributed by atoms with Crippen LogP contribution in [0.2, 0.25) is 0 Å². The highest BCUT2D eigenvalue weighted by Crippen LogP contribution is 2.44. The molecule has 146 valence electrons. The number of nitrogens with one attached hydrogen (secondary N) is 1. The molecule has 3 aromatic rings. The first-order valence-electron chi connectivity index (χ1n) is 9.50. The van der Waals surface area contributed by atoms with E-state index < -0.39 is 6.04 Å². The Morgan fingerprint density at radius 3 is 2.72 bits per heavy atom. The van der Waals surface area contributed by atoms with Crippen molar-refractivity contribution in [3.63, 3.8) is 0 Å². The molecule has 0 bridgehead atoms. The lowest BCUT2D eigenvalue weighted by Crippen LogP contribution is -2.33. The summed E-state index contributed by atoms with van der Waals surface area (Å²) in [5.41, 5.74) is 3.46. The van der Waals surface area contributed by atoms with Crippen molar-refractivity contribution < 1.29 is 14.6 Å². The summed E-state index contributed by atoms with van der Waals surface area (Å²) >= 11 is 0. The third kappa shape index (κ3) is 2.86. The highest BCUT2D eigenvalue weighted by Gasteiger charge is 2.39. The lowest BCUT2D eigenvalue weighted by atomic mass is 9.78. The van der Waals surface area contributed by atoms with Crippen LogP contribution in [0.3, 0.4) is 0 Å². The zero-order chi connectivity index (χ0) is 20.0. The van der Waals surface area contributed by atoms with Gasteiger partial charge >= 0.3 is 0 Å². The molecular formula is C22H20N4O3. The standard InChI is InChI=1S/C22H20N4O3/c1-29-19-8-7-14(10-17(19)27)21-20-16(25-22-23-12-24-26(21)22)9-15(11-18(20)28)13-5-3-2-4-6-13/h2-8,10,12,15,21,27H,9,11H2,1H3,(H,23,24,25)/t15-,21+/m1/s1. The van der Waals surface area contributed by atoms with Crippen LogP contribution in [-0.2, 0) is 4.79 Å². The summed E-state index contributed by atoms with van der Waals surface area (Å²) in [6, 6.07) is 14.8. The van der Waals surface area contributed by atoms with Gasteiger partial charge in [-0.15, -0.1) is 0 Å². The molecular weight excluding hydrogens is 368 g/mol. The minimum Gasteiger partial charge on any atom is -0.504 e.